The quantitative estimate of drug-likeness (QED) is 0.290. The largest absolute Gasteiger partial charge is 0.493 e. The van der Waals surface area contributed by atoms with Crippen LogP contribution >= 0.6 is 0 Å². The first-order valence-corrected chi connectivity index (χ1v) is 12.1. The third-order valence-electron chi connectivity index (χ3n) is 6.83. The highest BCUT2D eigenvalue weighted by Gasteiger charge is 2.47. The van der Waals surface area contributed by atoms with Gasteiger partial charge in [-0.25, -0.2) is 0 Å². The monoisotopic (exact) mass is 506 g/mol. The molecule has 0 radical (unpaired) electrons. The van der Waals surface area contributed by atoms with Gasteiger partial charge in [0.2, 0.25) is 0 Å². The Kier molecular flexibility index (Phi) is 7.42. The standard InChI is InChI=1S/C28H30N2O7/c1-15(2)37-28(32)25-16(3)29-20-11-18(17-9-7-6-8-10-17)12-22(31)27(20)26(25)19-13-23(35-4)24(36-5)14-21(19)30(33)34/h6-10,13-15,18,25-26H,11-12H2,1-5H3/t18-,25?,26-/m0/s1. The normalized spacial score (nSPS) is 21.3. The number of nitro benzene ring substituents is 1. The van der Waals surface area contributed by atoms with Gasteiger partial charge in [-0.1, -0.05) is 30.3 Å². The molecule has 0 amide bonds. The minimum atomic E-state index is -1.00. The highest BCUT2D eigenvalue weighted by molar-refractivity contribution is 6.09. The molecular weight excluding hydrogens is 476 g/mol. The number of hydrogen-bond acceptors (Lipinski definition) is 8. The minimum absolute atomic E-state index is 0.0794. The average molecular weight is 507 g/mol. The number of allylic oxidation sites excluding steroid dienone is 2. The van der Waals surface area contributed by atoms with Crippen LogP contribution in [0.3, 0.4) is 0 Å². The first-order chi connectivity index (χ1) is 17.7. The van der Waals surface area contributed by atoms with E-state index in [1.54, 1.807) is 20.8 Å². The molecule has 0 saturated carbocycles. The third-order valence-corrected chi connectivity index (χ3v) is 6.83. The summed E-state index contributed by atoms with van der Waals surface area (Å²) in [4.78, 5) is 43.5. The van der Waals surface area contributed by atoms with Gasteiger partial charge in [0.1, 0.15) is 5.92 Å². The van der Waals surface area contributed by atoms with E-state index in [9.17, 15) is 19.7 Å². The Morgan fingerprint density at radius 1 is 1.08 bits per heavy atom. The molecule has 1 unspecified atom stereocenters. The average Bonchev–Trinajstić information content (AvgIpc) is 2.86. The van der Waals surface area contributed by atoms with Crippen molar-refractivity contribution in [3.63, 3.8) is 0 Å². The van der Waals surface area contributed by atoms with Crippen molar-refractivity contribution in [1.82, 2.24) is 0 Å². The van der Waals surface area contributed by atoms with Gasteiger partial charge in [0.25, 0.3) is 5.69 Å². The molecule has 0 spiro atoms. The van der Waals surface area contributed by atoms with Crippen molar-refractivity contribution in [3.05, 3.63) is 75.0 Å². The molecule has 1 aliphatic heterocycles. The van der Waals surface area contributed by atoms with E-state index in [1.165, 1.54) is 26.4 Å². The van der Waals surface area contributed by atoms with E-state index in [1.807, 2.05) is 30.3 Å². The van der Waals surface area contributed by atoms with Gasteiger partial charge in [-0.2, -0.15) is 0 Å². The fourth-order valence-corrected chi connectivity index (χ4v) is 5.26. The molecule has 194 valence electrons. The fourth-order valence-electron chi connectivity index (χ4n) is 5.26. The Labute approximate surface area is 215 Å². The number of benzene rings is 2. The van der Waals surface area contributed by atoms with Crippen LogP contribution in [-0.4, -0.2) is 42.7 Å². The molecule has 3 atom stereocenters. The van der Waals surface area contributed by atoms with Crippen LogP contribution in [0.1, 0.15) is 56.6 Å². The molecule has 2 aliphatic rings. The number of nitro groups is 1. The zero-order valence-electron chi connectivity index (χ0n) is 21.5. The number of Topliss-reactive ketones (excluding diaryl/α,β-unsaturated/α-hetero) is 1. The van der Waals surface area contributed by atoms with Crippen molar-refractivity contribution in [2.24, 2.45) is 10.9 Å². The maximum atomic E-state index is 13.7. The number of rotatable bonds is 7. The lowest BCUT2D eigenvalue weighted by atomic mass is 9.69. The number of carbonyl (C=O) groups is 2. The predicted octanol–water partition coefficient (Wildman–Crippen LogP) is 5.14. The van der Waals surface area contributed by atoms with Crippen molar-refractivity contribution >= 4 is 23.2 Å². The van der Waals surface area contributed by atoms with E-state index in [2.05, 4.69) is 0 Å². The molecule has 37 heavy (non-hydrogen) atoms. The Bertz CT molecular complexity index is 1300. The second kappa shape index (κ2) is 10.5. The summed E-state index contributed by atoms with van der Waals surface area (Å²) in [7, 11) is 2.81. The molecule has 4 rings (SSSR count). The maximum absolute atomic E-state index is 13.7. The lowest BCUT2D eigenvalue weighted by molar-refractivity contribution is -0.385. The Hall–Kier alpha value is -4.01. The number of ether oxygens (including phenoxy) is 3. The molecule has 2 aromatic carbocycles. The van der Waals surface area contributed by atoms with E-state index in [0.29, 0.717) is 23.4 Å². The first kappa shape index (κ1) is 26.1. The lowest BCUT2D eigenvalue weighted by Crippen LogP contribution is -2.39. The molecule has 2 aromatic rings. The van der Waals surface area contributed by atoms with E-state index in [0.717, 1.165) is 5.56 Å². The lowest BCUT2D eigenvalue weighted by Gasteiger charge is -2.36. The Morgan fingerprint density at radius 2 is 1.73 bits per heavy atom. The van der Waals surface area contributed by atoms with Gasteiger partial charge < -0.3 is 14.2 Å². The summed E-state index contributed by atoms with van der Waals surface area (Å²) in [5.74, 6) is -2.39. The van der Waals surface area contributed by atoms with Crippen LogP contribution < -0.4 is 9.47 Å². The van der Waals surface area contributed by atoms with Gasteiger partial charge in [0.05, 0.1) is 31.3 Å². The molecule has 0 N–H and O–H groups in total. The van der Waals surface area contributed by atoms with Gasteiger partial charge in [-0.15, -0.1) is 0 Å². The summed E-state index contributed by atoms with van der Waals surface area (Å²) in [6.07, 6.45) is 0.272. The number of esters is 1. The molecule has 0 saturated heterocycles. The number of ketones is 1. The Morgan fingerprint density at radius 3 is 2.32 bits per heavy atom. The summed E-state index contributed by atoms with van der Waals surface area (Å²) in [6, 6.07) is 12.5. The summed E-state index contributed by atoms with van der Waals surface area (Å²) < 4.78 is 16.3. The minimum Gasteiger partial charge on any atom is -0.493 e. The summed E-state index contributed by atoms with van der Waals surface area (Å²) in [5, 5.41) is 12.2. The topological polar surface area (TPSA) is 117 Å². The maximum Gasteiger partial charge on any atom is 0.315 e. The van der Waals surface area contributed by atoms with Crippen LogP contribution in [0.25, 0.3) is 0 Å². The second-order valence-electron chi connectivity index (χ2n) is 9.52. The molecule has 9 nitrogen and oxygen atoms in total. The van der Waals surface area contributed by atoms with Gasteiger partial charge in [0.15, 0.2) is 17.3 Å². The number of methoxy groups -OCH3 is 2. The van der Waals surface area contributed by atoms with Crippen molar-refractivity contribution in [2.75, 3.05) is 14.2 Å². The molecular formula is C28H30N2O7. The van der Waals surface area contributed by atoms with Crippen molar-refractivity contribution in [2.45, 2.75) is 51.6 Å². The summed E-state index contributed by atoms with van der Waals surface area (Å²) in [5.41, 5.74) is 2.24. The van der Waals surface area contributed by atoms with Crippen LogP contribution in [0.15, 0.2) is 58.7 Å². The van der Waals surface area contributed by atoms with Crippen molar-refractivity contribution < 1.29 is 28.7 Å². The van der Waals surface area contributed by atoms with E-state index in [-0.39, 0.29) is 40.9 Å². The van der Waals surface area contributed by atoms with Gasteiger partial charge in [-0.05, 0) is 44.7 Å². The molecule has 0 fully saturated rings. The highest BCUT2D eigenvalue weighted by Crippen LogP contribution is 2.50. The molecule has 0 bridgehead atoms. The number of hydrogen-bond donors (Lipinski definition) is 0. The van der Waals surface area contributed by atoms with Crippen molar-refractivity contribution in [1.29, 1.82) is 0 Å². The third kappa shape index (κ3) is 4.98. The molecule has 1 aliphatic carbocycles. The zero-order chi connectivity index (χ0) is 26.9. The van der Waals surface area contributed by atoms with E-state index < -0.39 is 28.8 Å². The van der Waals surface area contributed by atoms with Crippen molar-refractivity contribution in [3.8, 4) is 11.5 Å². The summed E-state index contributed by atoms with van der Waals surface area (Å²) >= 11 is 0. The second-order valence-corrected chi connectivity index (χ2v) is 9.52. The Balaban J connectivity index is 1.94. The van der Waals surface area contributed by atoms with Crippen LogP contribution in [-0.2, 0) is 14.3 Å². The zero-order valence-corrected chi connectivity index (χ0v) is 21.5. The van der Waals surface area contributed by atoms with Crippen LogP contribution in [0.2, 0.25) is 0 Å². The first-order valence-electron chi connectivity index (χ1n) is 12.1. The predicted molar refractivity (Wildman–Crippen MR) is 137 cm³/mol. The highest BCUT2D eigenvalue weighted by atomic mass is 16.6. The SMILES string of the molecule is COc1cc([C@@H]2C3=C(C[C@H](c4ccccc4)CC3=O)N=C(C)C2C(=O)OC(C)C)c([N+](=O)[O-])cc1OC. The number of aliphatic imine (C=N–C) groups is 1. The van der Waals surface area contributed by atoms with Gasteiger partial charge in [-0.3, -0.25) is 24.7 Å². The molecule has 0 aromatic heterocycles. The molecule has 9 heteroatoms. The van der Waals surface area contributed by atoms with Crippen LogP contribution in [0.4, 0.5) is 5.69 Å². The molecule has 1 heterocycles. The van der Waals surface area contributed by atoms with Gasteiger partial charge >= 0.3 is 5.97 Å². The van der Waals surface area contributed by atoms with Gasteiger partial charge in [0, 0.05) is 34.9 Å². The number of nitrogens with zero attached hydrogens (tertiary/aromatic N) is 2. The van der Waals surface area contributed by atoms with E-state index >= 15 is 0 Å². The fraction of sp³-hybridized carbons (Fsp3) is 0.393. The summed E-state index contributed by atoms with van der Waals surface area (Å²) in [6.45, 7) is 5.15. The smallest absolute Gasteiger partial charge is 0.315 e. The van der Waals surface area contributed by atoms with E-state index in [4.69, 9.17) is 19.2 Å². The van der Waals surface area contributed by atoms with Crippen LogP contribution in [0, 0.1) is 16.0 Å². The van der Waals surface area contributed by atoms with Crippen LogP contribution in [0.5, 0.6) is 11.5 Å². The number of carbonyl (C=O) groups excluding carboxylic acids is 2.